The van der Waals surface area contributed by atoms with Gasteiger partial charge in [0.1, 0.15) is 11.6 Å². The second-order valence-corrected chi connectivity index (χ2v) is 9.98. The van der Waals surface area contributed by atoms with Crippen molar-refractivity contribution in [3.05, 3.63) is 47.5 Å². The Morgan fingerprint density at radius 3 is 2.56 bits per heavy atom. The highest BCUT2D eigenvalue weighted by Crippen LogP contribution is 2.48. The second kappa shape index (κ2) is 10.7. The number of carbonyl (C=O) groups is 1. The van der Waals surface area contributed by atoms with Crippen LogP contribution in [-0.2, 0) is 15.7 Å². The molecule has 1 saturated carbocycles. The molecule has 3 fully saturated rings. The van der Waals surface area contributed by atoms with Crippen LogP contribution in [0.4, 0.5) is 28.9 Å². The lowest BCUT2D eigenvalue weighted by atomic mass is 9.75. The van der Waals surface area contributed by atoms with E-state index in [9.17, 15) is 22.4 Å². The highest BCUT2D eigenvalue weighted by molar-refractivity contribution is 7.81. The number of benzene rings is 1. The molecule has 0 atom stereocenters. The number of nitriles is 1. The summed E-state index contributed by atoms with van der Waals surface area (Å²) in [6.45, 7) is 4.09. The molecule has 5 rings (SSSR count). The predicted octanol–water partition coefficient (Wildman–Crippen LogP) is 4.27. The van der Waals surface area contributed by atoms with Crippen LogP contribution in [0.5, 0.6) is 5.75 Å². The molecule has 1 aliphatic carbocycles. The fourth-order valence-electron chi connectivity index (χ4n) is 5.13. The van der Waals surface area contributed by atoms with Crippen LogP contribution in [-0.4, -0.2) is 65.9 Å². The van der Waals surface area contributed by atoms with E-state index >= 15 is 0 Å². The number of hydrogen-bond donors (Lipinski definition) is 0. The van der Waals surface area contributed by atoms with Gasteiger partial charge in [-0.3, -0.25) is 14.6 Å². The number of ether oxygens (including phenoxy) is 2. The molecule has 3 aliphatic rings. The van der Waals surface area contributed by atoms with Gasteiger partial charge in [0, 0.05) is 31.4 Å². The van der Waals surface area contributed by atoms with Gasteiger partial charge in [-0.2, -0.15) is 18.4 Å². The van der Waals surface area contributed by atoms with Crippen LogP contribution in [0.2, 0.25) is 0 Å². The van der Waals surface area contributed by atoms with Crippen molar-refractivity contribution < 1.29 is 31.8 Å². The Balaban J connectivity index is 1.39. The minimum absolute atomic E-state index is 0.00273. The van der Waals surface area contributed by atoms with Gasteiger partial charge in [0.15, 0.2) is 22.4 Å². The third kappa shape index (κ3) is 5.04. The number of amides is 1. The topological polar surface area (TPSA) is 81.9 Å². The van der Waals surface area contributed by atoms with Gasteiger partial charge >= 0.3 is 6.18 Å². The van der Waals surface area contributed by atoms with Crippen molar-refractivity contribution in [1.29, 1.82) is 5.26 Å². The van der Waals surface area contributed by atoms with Crippen molar-refractivity contribution in [2.45, 2.75) is 37.4 Å². The van der Waals surface area contributed by atoms with E-state index in [2.05, 4.69) is 9.88 Å². The summed E-state index contributed by atoms with van der Waals surface area (Å²) in [5.74, 6) is -1.07. The Hall–Kier alpha value is -3.34. The van der Waals surface area contributed by atoms with Gasteiger partial charge in [-0.1, -0.05) is 0 Å². The standard InChI is InChI=1S/C26H25F4N5O3S/c27-20-4-3-17(14-22(20)38-10-2-7-33-8-11-37-12-9-33)35-24(39)34(23(36)25(35)5-1-6-25)18-13-19(26(28,29)30)21(15-31)32-16-18/h3-4,13-14,16H,1-2,5-12H2. The van der Waals surface area contributed by atoms with Crippen molar-refractivity contribution in [1.82, 2.24) is 9.88 Å². The van der Waals surface area contributed by atoms with Gasteiger partial charge in [0.2, 0.25) is 0 Å². The van der Waals surface area contributed by atoms with Gasteiger partial charge in [0.05, 0.1) is 37.3 Å². The molecule has 1 aromatic carbocycles. The molecule has 1 aromatic heterocycles. The first-order valence-corrected chi connectivity index (χ1v) is 12.9. The average Bonchev–Trinajstić information content (AvgIpc) is 3.14. The maximum Gasteiger partial charge on any atom is 0.419 e. The number of aromatic nitrogens is 1. The van der Waals surface area contributed by atoms with Crippen molar-refractivity contribution >= 4 is 34.6 Å². The fraction of sp³-hybridized carbons (Fsp3) is 0.462. The highest BCUT2D eigenvalue weighted by atomic mass is 32.1. The number of carbonyl (C=O) groups excluding carboxylic acids is 1. The molecule has 39 heavy (non-hydrogen) atoms. The summed E-state index contributed by atoms with van der Waals surface area (Å²) in [5, 5.41) is 9.03. The van der Waals surface area contributed by atoms with Crippen molar-refractivity contribution in [3.63, 3.8) is 0 Å². The summed E-state index contributed by atoms with van der Waals surface area (Å²) >= 11 is 5.61. The Morgan fingerprint density at radius 2 is 1.92 bits per heavy atom. The zero-order valence-corrected chi connectivity index (χ0v) is 21.7. The van der Waals surface area contributed by atoms with Gasteiger partial charge in [-0.15, -0.1) is 0 Å². The Bertz CT molecular complexity index is 1320. The van der Waals surface area contributed by atoms with E-state index in [1.54, 1.807) is 4.90 Å². The first kappa shape index (κ1) is 27.2. The van der Waals surface area contributed by atoms with Crippen LogP contribution in [0.1, 0.15) is 36.9 Å². The SMILES string of the molecule is N#Cc1ncc(N2C(=O)C3(CCC3)N(c3ccc(F)c(OCCCN4CCOCC4)c3)C2=S)cc1C(F)(F)F. The lowest BCUT2D eigenvalue weighted by Crippen LogP contribution is -2.55. The molecular weight excluding hydrogens is 538 g/mol. The fourth-order valence-corrected chi connectivity index (χ4v) is 5.59. The smallest absolute Gasteiger partial charge is 0.419 e. The molecule has 3 heterocycles. The van der Waals surface area contributed by atoms with Crippen LogP contribution in [0.25, 0.3) is 0 Å². The van der Waals surface area contributed by atoms with Crippen LogP contribution in [0.3, 0.4) is 0 Å². The van der Waals surface area contributed by atoms with E-state index in [0.29, 0.717) is 50.7 Å². The first-order valence-electron chi connectivity index (χ1n) is 12.5. The monoisotopic (exact) mass is 563 g/mol. The molecule has 0 N–H and O–H groups in total. The molecule has 0 unspecified atom stereocenters. The van der Waals surface area contributed by atoms with E-state index in [1.807, 2.05) is 0 Å². The maximum absolute atomic E-state index is 14.6. The normalized spacial score (nSPS) is 19.4. The molecule has 2 aliphatic heterocycles. The molecule has 2 aromatic rings. The van der Waals surface area contributed by atoms with E-state index < -0.39 is 34.7 Å². The highest BCUT2D eigenvalue weighted by Gasteiger charge is 2.60. The van der Waals surface area contributed by atoms with Crippen molar-refractivity contribution in [3.8, 4) is 11.8 Å². The quantitative estimate of drug-likeness (QED) is 0.281. The molecule has 2 saturated heterocycles. The molecule has 0 bridgehead atoms. The van der Waals surface area contributed by atoms with Crippen LogP contribution in [0.15, 0.2) is 30.5 Å². The molecular formula is C26H25F4N5O3S. The number of thiocarbonyl (C=S) groups is 1. The summed E-state index contributed by atoms with van der Waals surface area (Å²) in [6, 6.07) is 6.29. The van der Waals surface area contributed by atoms with Crippen LogP contribution < -0.4 is 14.5 Å². The van der Waals surface area contributed by atoms with Crippen LogP contribution >= 0.6 is 12.2 Å². The average molecular weight is 564 g/mol. The minimum Gasteiger partial charge on any atom is -0.490 e. The van der Waals surface area contributed by atoms with Gasteiger partial charge in [0.25, 0.3) is 5.91 Å². The maximum atomic E-state index is 14.6. The number of pyridine rings is 1. The molecule has 8 nitrogen and oxygen atoms in total. The van der Waals surface area contributed by atoms with Crippen molar-refractivity contribution in [2.75, 3.05) is 49.3 Å². The molecule has 0 radical (unpaired) electrons. The van der Waals surface area contributed by atoms with Crippen LogP contribution in [0, 0.1) is 17.1 Å². The zero-order chi connectivity index (χ0) is 27.8. The third-order valence-electron chi connectivity index (χ3n) is 7.29. The van der Waals surface area contributed by atoms with E-state index in [1.165, 1.54) is 24.3 Å². The Labute approximate surface area is 227 Å². The number of rotatable bonds is 7. The number of halogens is 4. The third-order valence-corrected chi connectivity index (χ3v) is 7.65. The Morgan fingerprint density at radius 1 is 1.18 bits per heavy atom. The number of anilines is 2. The molecule has 13 heteroatoms. The van der Waals surface area contributed by atoms with Gasteiger partial charge in [-0.25, -0.2) is 9.37 Å². The zero-order valence-electron chi connectivity index (χ0n) is 20.8. The lowest BCUT2D eigenvalue weighted by molar-refractivity contribution is -0.138. The molecule has 1 spiro atoms. The summed E-state index contributed by atoms with van der Waals surface area (Å²) < 4.78 is 66.5. The molecule has 1 amide bonds. The first-order chi connectivity index (χ1) is 18.7. The minimum atomic E-state index is -4.85. The summed E-state index contributed by atoms with van der Waals surface area (Å²) in [5.41, 5.74) is -2.94. The largest absolute Gasteiger partial charge is 0.490 e. The lowest BCUT2D eigenvalue weighted by Gasteiger charge is -2.43. The summed E-state index contributed by atoms with van der Waals surface area (Å²) in [7, 11) is 0. The second-order valence-electron chi connectivity index (χ2n) is 9.61. The number of nitrogens with zero attached hydrogens (tertiary/aromatic N) is 5. The summed E-state index contributed by atoms with van der Waals surface area (Å²) in [6.07, 6.45) is -1.59. The number of hydrogen-bond acceptors (Lipinski definition) is 7. The van der Waals surface area contributed by atoms with Gasteiger partial charge < -0.3 is 14.4 Å². The van der Waals surface area contributed by atoms with E-state index in [0.717, 1.165) is 30.7 Å². The predicted molar refractivity (Wildman–Crippen MR) is 137 cm³/mol. The summed E-state index contributed by atoms with van der Waals surface area (Å²) in [4.78, 5) is 22.1. The van der Waals surface area contributed by atoms with Crippen molar-refractivity contribution in [2.24, 2.45) is 0 Å². The molecule has 206 valence electrons. The van der Waals surface area contributed by atoms with E-state index in [4.69, 9.17) is 27.0 Å². The number of alkyl halides is 3. The number of morpholine rings is 1. The van der Waals surface area contributed by atoms with E-state index in [-0.39, 0.29) is 23.2 Å². The Kier molecular flexibility index (Phi) is 7.45. The van der Waals surface area contributed by atoms with Gasteiger partial charge in [-0.05, 0) is 56.1 Å².